The number of aromatic nitrogens is 3. The molecule has 0 bridgehead atoms. The summed E-state index contributed by atoms with van der Waals surface area (Å²) in [6, 6.07) is 7.62. The van der Waals surface area contributed by atoms with Crippen molar-refractivity contribution in [2.24, 2.45) is 0 Å². The van der Waals surface area contributed by atoms with Crippen LogP contribution in [0, 0.1) is 0 Å². The smallest absolute Gasteiger partial charge is 0.315 e. The lowest BCUT2D eigenvalue weighted by molar-refractivity contribution is 0.238. The Balaban J connectivity index is 2.04. The van der Waals surface area contributed by atoms with E-state index >= 15 is 0 Å². The van der Waals surface area contributed by atoms with Crippen molar-refractivity contribution in [2.45, 2.75) is 19.9 Å². The topological polar surface area (TPSA) is 71.8 Å². The van der Waals surface area contributed by atoms with Crippen molar-refractivity contribution in [3.05, 3.63) is 42.5 Å². The number of carbonyl (C=O) groups excluding carboxylic acids is 1. The second-order valence-electron chi connectivity index (χ2n) is 4.16. The van der Waals surface area contributed by atoms with E-state index in [2.05, 4.69) is 20.7 Å². The first-order valence-electron chi connectivity index (χ1n) is 6.20. The molecule has 1 heterocycles. The summed E-state index contributed by atoms with van der Waals surface area (Å²) in [7, 11) is 0. The highest BCUT2D eigenvalue weighted by molar-refractivity contribution is 5.74. The maximum absolute atomic E-state index is 11.4. The molecule has 100 valence electrons. The molecule has 2 amide bonds. The number of nitrogens with one attached hydrogen (secondary N) is 2. The molecule has 0 radical (unpaired) electrons. The monoisotopic (exact) mass is 259 g/mol. The lowest BCUT2D eigenvalue weighted by Crippen LogP contribution is -2.36. The van der Waals surface area contributed by atoms with Crippen LogP contribution in [0.15, 0.2) is 36.9 Å². The zero-order chi connectivity index (χ0) is 13.7. The standard InChI is InChI=1S/C13H17N5O/c1-3-15-13(19)17-10(2)11-4-6-12(7-5-11)18-9-14-8-16-18/h4-10H,3H2,1-2H3,(H2,15,17,19)/t10-/m0/s1. The Morgan fingerprint density at radius 1 is 1.37 bits per heavy atom. The van der Waals surface area contributed by atoms with Crippen LogP contribution in [-0.4, -0.2) is 27.3 Å². The Kier molecular flexibility index (Phi) is 4.12. The Bertz CT molecular complexity index is 520. The molecule has 0 saturated carbocycles. The second-order valence-corrected chi connectivity index (χ2v) is 4.16. The number of benzene rings is 1. The number of carbonyl (C=O) groups is 1. The van der Waals surface area contributed by atoms with Crippen molar-refractivity contribution in [3.8, 4) is 5.69 Å². The molecule has 0 aliphatic carbocycles. The highest BCUT2D eigenvalue weighted by Gasteiger charge is 2.08. The van der Waals surface area contributed by atoms with Gasteiger partial charge < -0.3 is 10.6 Å². The molecule has 0 spiro atoms. The van der Waals surface area contributed by atoms with Gasteiger partial charge in [0.25, 0.3) is 0 Å². The van der Waals surface area contributed by atoms with Gasteiger partial charge in [-0.2, -0.15) is 5.10 Å². The van der Waals surface area contributed by atoms with E-state index in [-0.39, 0.29) is 12.1 Å². The molecule has 0 fully saturated rings. The van der Waals surface area contributed by atoms with Crippen LogP contribution in [0.3, 0.4) is 0 Å². The first kappa shape index (κ1) is 13.1. The third-order valence-electron chi connectivity index (χ3n) is 2.76. The lowest BCUT2D eigenvalue weighted by Gasteiger charge is -2.15. The highest BCUT2D eigenvalue weighted by Crippen LogP contribution is 2.14. The van der Waals surface area contributed by atoms with Gasteiger partial charge in [0.15, 0.2) is 0 Å². The van der Waals surface area contributed by atoms with Gasteiger partial charge in [-0.15, -0.1) is 0 Å². The van der Waals surface area contributed by atoms with Crippen LogP contribution in [0.4, 0.5) is 4.79 Å². The Morgan fingerprint density at radius 2 is 2.11 bits per heavy atom. The van der Waals surface area contributed by atoms with Gasteiger partial charge in [-0.1, -0.05) is 12.1 Å². The summed E-state index contributed by atoms with van der Waals surface area (Å²) in [5, 5.41) is 9.63. The van der Waals surface area contributed by atoms with Crippen LogP contribution in [-0.2, 0) is 0 Å². The number of urea groups is 1. The van der Waals surface area contributed by atoms with Gasteiger partial charge in [-0.25, -0.2) is 14.5 Å². The fourth-order valence-corrected chi connectivity index (χ4v) is 1.75. The van der Waals surface area contributed by atoms with E-state index < -0.39 is 0 Å². The van der Waals surface area contributed by atoms with Crippen molar-refractivity contribution < 1.29 is 4.79 Å². The number of rotatable bonds is 4. The summed E-state index contributed by atoms with van der Waals surface area (Å²) in [5.41, 5.74) is 1.97. The molecule has 6 nitrogen and oxygen atoms in total. The minimum atomic E-state index is -0.157. The predicted molar refractivity (Wildman–Crippen MR) is 72.0 cm³/mol. The molecule has 0 saturated heterocycles. The maximum Gasteiger partial charge on any atom is 0.315 e. The molecule has 2 rings (SSSR count). The van der Waals surface area contributed by atoms with Gasteiger partial charge in [-0.3, -0.25) is 0 Å². The molecule has 1 aromatic heterocycles. The average molecular weight is 259 g/mol. The van der Waals surface area contributed by atoms with Crippen LogP contribution >= 0.6 is 0 Å². The summed E-state index contributed by atoms with van der Waals surface area (Å²) in [6.45, 7) is 4.45. The third-order valence-corrected chi connectivity index (χ3v) is 2.76. The summed E-state index contributed by atoms with van der Waals surface area (Å²) in [4.78, 5) is 15.3. The third kappa shape index (κ3) is 3.31. The van der Waals surface area contributed by atoms with E-state index in [0.29, 0.717) is 6.54 Å². The van der Waals surface area contributed by atoms with Crippen LogP contribution in [0.1, 0.15) is 25.5 Å². The molecule has 1 aromatic carbocycles. The van der Waals surface area contributed by atoms with E-state index in [1.165, 1.54) is 6.33 Å². The summed E-state index contributed by atoms with van der Waals surface area (Å²) >= 11 is 0. The van der Waals surface area contributed by atoms with Gasteiger partial charge in [0.2, 0.25) is 0 Å². The Labute approximate surface area is 111 Å². The van der Waals surface area contributed by atoms with Crippen molar-refractivity contribution in [1.29, 1.82) is 0 Å². The first-order valence-corrected chi connectivity index (χ1v) is 6.20. The van der Waals surface area contributed by atoms with Gasteiger partial charge >= 0.3 is 6.03 Å². The quantitative estimate of drug-likeness (QED) is 0.877. The van der Waals surface area contributed by atoms with E-state index in [4.69, 9.17) is 0 Å². The molecule has 0 unspecified atom stereocenters. The first-order chi connectivity index (χ1) is 9.20. The fraction of sp³-hybridized carbons (Fsp3) is 0.308. The molecular formula is C13H17N5O. The summed E-state index contributed by atoms with van der Waals surface area (Å²) < 4.78 is 1.69. The zero-order valence-corrected chi connectivity index (χ0v) is 11.0. The minimum absolute atomic E-state index is 0.0450. The van der Waals surface area contributed by atoms with Crippen LogP contribution < -0.4 is 10.6 Å². The molecule has 2 aromatic rings. The Hall–Kier alpha value is -2.37. The van der Waals surface area contributed by atoms with Crippen molar-refractivity contribution >= 4 is 6.03 Å². The fourth-order valence-electron chi connectivity index (χ4n) is 1.75. The lowest BCUT2D eigenvalue weighted by atomic mass is 10.1. The van der Waals surface area contributed by atoms with Crippen molar-refractivity contribution in [1.82, 2.24) is 25.4 Å². The summed E-state index contributed by atoms with van der Waals surface area (Å²) in [5.74, 6) is 0. The molecule has 2 N–H and O–H groups in total. The maximum atomic E-state index is 11.4. The second kappa shape index (κ2) is 5.99. The van der Waals surface area contributed by atoms with E-state index in [0.717, 1.165) is 11.3 Å². The zero-order valence-electron chi connectivity index (χ0n) is 11.0. The van der Waals surface area contributed by atoms with Crippen LogP contribution in [0.2, 0.25) is 0 Å². The van der Waals surface area contributed by atoms with Crippen LogP contribution in [0.25, 0.3) is 5.69 Å². The number of hydrogen-bond donors (Lipinski definition) is 2. The molecular weight excluding hydrogens is 242 g/mol. The van der Waals surface area contributed by atoms with E-state index in [1.807, 2.05) is 38.1 Å². The SMILES string of the molecule is CCNC(=O)N[C@@H](C)c1ccc(-n2cncn2)cc1. The molecule has 6 heteroatoms. The van der Waals surface area contributed by atoms with Crippen LogP contribution in [0.5, 0.6) is 0 Å². The van der Waals surface area contributed by atoms with Gasteiger partial charge in [0.1, 0.15) is 12.7 Å². The Morgan fingerprint density at radius 3 is 2.68 bits per heavy atom. The normalized spacial score (nSPS) is 11.9. The molecule has 1 atom stereocenters. The highest BCUT2D eigenvalue weighted by atomic mass is 16.2. The van der Waals surface area contributed by atoms with E-state index in [9.17, 15) is 4.79 Å². The number of nitrogens with zero attached hydrogens (tertiary/aromatic N) is 3. The van der Waals surface area contributed by atoms with Crippen molar-refractivity contribution in [3.63, 3.8) is 0 Å². The van der Waals surface area contributed by atoms with Crippen molar-refractivity contribution in [2.75, 3.05) is 6.54 Å². The largest absolute Gasteiger partial charge is 0.338 e. The average Bonchev–Trinajstić information content (AvgIpc) is 2.93. The van der Waals surface area contributed by atoms with Gasteiger partial charge in [0, 0.05) is 6.54 Å². The summed E-state index contributed by atoms with van der Waals surface area (Å²) in [6.07, 6.45) is 3.14. The molecule has 0 aliphatic rings. The van der Waals surface area contributed by atoms with Gasteiger partial charge in [0.05, 0.1) is 11.7 Å². The van der Waals surface area contributed by atoms with Gasteiger partial charge in [-0.05, 0) is 31.5 Å². The number of hydrogen-bond acceptors (Lipinski definition) is 3. The van der Waals surface area contributed by atoms with E-state index in [1.54, 1.807) is 11.0 Å². The molecule has 19 heavy (non-hydrogen) atoms. The number of amides is 2. The molecule has 0 aliphatic heterocycles. The predicted octanol–water partition coefficient (Wildman–Crippen LogP) is 1.65. The minimum Gasteiger partial charge on any atom is -0.338 e.